The van der Waals surface area contributed by atoms with E-state index < -0.39 is 11.3 Å². The van der Waals surface area contributed by atoms with Crippen molar-refractivity contribution >= 4 is 28.6 Å². The van der Waals surface area contributed by atoms with Gasteiger partial charge >= 0.3 is 0 Å². The largest absolute Gasteiger partial charge is 0.507 e. The fourth-order valence-electron chi connectivity index (χ4n) is 3.74. The highest BCUT2D eigenvalue weighted by Crippen LogP contribution is 2.47. The van der Waals surface area contributed by atoms with E-state index in [0.717, 1.165) is 0 Å². The van der Waals surface area contributed by atoms with Gasteiger partial charge in [-0.2, -0.15) is 5.10 Å². The molecule has 1 atom stereocenters. The molecule has 198 valence electrons. The summed E-state index contributed by atoms with van der Waals surface area (Å²) < 4.78 is 25.0. The third-order valence-electron chi connectivity index (χ3n) is 5.62. The van der Waals surface area contributed by atoms with E-state index >= 15 is 0 Å². The summed E-state index contributed by atoms with van der Waals surface area (Å²) in [6.45, 7) is 4.32. The van der Waals surface area contributed by atoms with Crippen LogP contribution in [-0.2, 0) is 4.79 Å². The molecular weight excluding hydrogens is 509 g/mol. The van der Waals surface area contributed by atoms with Gasteiger partial charge in [-0.3, -0.25) is 9.59 Å². The number of methoxy groups -OCH3 is 1. The molecule has 0 bridgehead atoms. The van der Waals surface area contributed by atoms with Crippen LogP contribution in [0.2, 0.25) is 0 Å². The predicted molar refractivity (Wildman–Crippen MR) is 144 cm³/mol. The van der Waals surface area contributed by atoms with Gasteiger partial charge in [0.15, 0.2) is 18.1 Å². The van der Waals surface area contributed by atoms with Crippen LogP contribution in [-0.4, -0.2) is 47.2 Å². The van der Waals surface area contributed by atoms with Crippen molar-refractivity contribution in [2.24, 2.45) is 11.0 Å². The Labute approximate surface area is 224 Å². The maximum absolute atomic E-state index is 13.6. The molecule has 1 unspecified atom stereocenters. The highest BCUT2D eigenvalue weighted by Gasteiger charge is 2.37. The smallest absolute Gasteiger partial charge is 0.279 e. The number of ether oxygens (including phenoxy) is 2. The third-order valence-corrected chi connectivity index (χ3v) is 6.84. The number of nitrogens with zero attached hydrogens (tertiary/aromatic N) is 2. The maximum atomic E-state index is 13.6. The Morgan fingerprint density at radius 2 is 1.84 bits per heavy atom. The first-order valence-electron chi connectivity index (χ1n) is 12.0. The highest BCUT2D eigenvalue weighted by molar-refractivity contribution is 8.14. The van der Waals surface area contributed by atoms with E-state index in [0.29, 0.717) is 40.1 Å². The van der Waals surface area contributed by atoms with Gasteiger partial charge in [0.1, 0.15) is 22.0 Å². The van der Waals surface area contributed by atoms with E-state index in [2.05, 4.69) is 10.4 Å². The molecule has 3 aromatic rings. The van der Waals surface area contributed by atoms with Gasteiger partial charge in [-0.1, -0.05) is 49.9 Å². The number of hydrogen-bond donors (Lipinski definition) is 2. The summed E-state index contributed by atoms with van der Waals surface area (Å²) in [6.07, 6.45) is 0. The highest BCUT2D eigenvalue weighted by atomic mass is 32.2. The van der Waals surface area contributed by atoms with Gasteiger partial charge in [-0.25, -0.2) is 9.40 Å². The Kier molecular flexibility index (Phi) is 8.52. The van der Waals surface area contributed by atoms with E-state index in [9.17, 15) is 19.1 Å². The van der Waals surface area contributed by atoms with E-state index in [1.54, 1.807) is 42.5 Å². The standard InChI is InChI=1S/C28H28FN3O5S/c1-17(2)15-30-24(34)16-37-23-10-6-8-21(25(23)36-3)28-32(27(35)20-7-4-5-9-22(20)33)31-26(38-28)18-11-13-19(29)14-12-18/h4-14,17,28,33H,15-16H2,1-3H3,(H,30,34). The molecule has 1 aliphatic heterocycles. The minimum absolute atomic E-state index is 0.0791. The predicted octanol–water partition coefficient (Wildman–Crippen LogP) is 4.94. The fourth-order valence-corrected chi connectivity index (χ4v) is 4.92. The SMILES string of the molecule is COc1c(OCC(=O)NCC(C)C)cccc1C1SC(c2ccc(F)cc2)=NN1C(=O)c1ccccc1O. The summed E-state index contributed by atoms with van der Waals surface area (Å²) in [6, 6.07) is 17.2. The maximum Gasteiger partial charge on any atom is 0.279 e. The van der Waals surface area contributed by atoms with Gasteiger partial charge in [0.2, 0.25) is 0 Å². The molecule has 0 aromatic heterocycles. The number of carbonyl (C=O) groups is 2. The van der Waals surface area contributed by atoms with Gasteiger partial charge in [-0.05, 0) is 48.4 Å². The third kappa shape index (κ3) is 6.08. The number of hydrazone groups is 1. The number of phenolic OH excluding ortho intramolecular Hbond substituents is 1. The van der Waals surface area contributed by atoms with Crippen LogP contribution >= 0.6 is 11.8 Å². The number of rotatable bonds is 9. The number of halogens is 1. The topological polar surface area (TPSA) is 100 Å². The Morgan fingerprint density at radius 1 is 1.11 bits per heavy atom. The van der Waals surface area contributed by atoms with E-state index in [-0.39, 0.29) is 29.6 Å². The molecule has 10 heteroatoms. The van der Waals surface area contributed by atoms with E-state index in [4.69, 9.17) is 9.47 Å². The van der Waals surface area contributed by atoms with Gasteiger partial charge in [0.25, 0.3) is 11.8 Å². The quantitative estimate of drug-likeness (QED) is 0.401. The second-order valence-electron chi connectivity index (χ2n) is 8.91. The monoisotopic (exact) mass is 537 g/mol. The van der Waals surface area contributed by atoms with Crippen molar-refractivity contribution in [3.63, 3.8) is 0 Å². The molecule has 0 spiro atoms. The average Bonchev–Trinajstić information content (AvgIpc) is 3.36. The number of aromatic hydroxyl groups is 1. The molecule has 3 aromatic carbocycles. The van der Waals surface area contributed by atoms with Crippen LogP contribution in [0.1, 0.15) is 40.7 Å². The first kappa shape index (κ1) is 27.0. The van der Waals surface area contributed by atoms with Crippen molar-refractivity contribution in [1.82, 2.24) is 10.3 Å². The zero-order chi connectivity index (χ0) is 27.2. The zero-order valence-corrected chi connectivity index (χ0v) is 22.0. The van der Waals surface area contributed by atoms with Gasteiger partial charge in [-0.15, -0.1) is 0 Å². The number of benzene rings is 3. The number of nitrogens with one attached hydrogen (secondary N) is 1. The molecule has 8 nitrogen and oxygen atoms in total. The van der Waals surface area contributed by atoms with Crippen molar-refractivity contribution < 1.29 is 28.6 Å². The number of hydrogen-bond acceptors (Lipinski definition) is 7. The summed E-state index contributed by atoms with van der Waals surface area (Å²) in [4.78, 5) is 25.8. The van der Waals surface area contributed by atoms with Gasteiger partial charge < -0.3 is 19.9 Å². The number of para-hydroxylation sites is 2. The van der Waals surface area contributed by atoms with Crippen molar-refractivity contribution in [2.45, 2.75) is 19.2 Å². The second kappa shape index (κ2) is 12.0. The molecule has 0 radical (unpaired) electrons. The number of amides is 2. The molecule has 1 heterocycles. The van der Waals surface area contributed by atoms with E-state index in [1.165, 1.54) is 48.1 Å². The second-order valence-corrected chi connectivity index (χ2v) is 9.98. The molecule has 1 aliphatic rings. The summed E-state index contributed by atoms with van der Waals surface area (Å²) in [5.74, 6) is -0.385. The van der Waals surface area contributed by atoms with Crippen LogP contribution in [0, 0.1) is 11.7 Å². The zero-order valence-electron chi connectivity index (χ0n) is 21.2. The normalized spacial score (nSPS) is 14.8. The van der Waals surface area contributed by atoms with Gasteiger partial charge in [0.05, 0.1) is 12.7 Å². The van der Waals surface area contributed by atoms with Crippen molar-refractivity contribution in [3.05, 3.63) is 89.2 Å². The van der Waals surface area contributed by atoms with Crippen molar-refractivity contribution in [1.29, 1.82) is 0 Å². The number of thioether (sulfide) groups is 1. The van der Waals surface area contributed by atoms with Crippen LogP contribution in [0.4, 0.5) is 4.39 Å². The lowest BCUT2D eigenvalue weighted by molar-refractivity contribution is -0.123. The van der Waals surface area contributed by atoms with Gasteiger partial charge in [0, 0.05) is 17.7 Å². The summed E-state index contributed by atoms with van der Waals surface area (Å²) >= 11 is 1.27. The Morgan fingerprint density at radius 3 is 2.53 bits per heavy atom. The molecule has 0 aliphatic carbocycles. The first-order chi connectivity index (χ1) is 18.3. The number of carbonyl (C=O) groups excluding carboxylic acids is 2. The minimum atomic E-state index is -0.699. The summed E-state index contributed by atoms with van der Waals surface area (Å²) in [7, 11) is 1.47. The van der Waals surface area contributed by atoms with Crippen LogP contribution < -0.4 is 14.8 Å². The minimum Gasteiger partial charge on any atom is -0.507 e. The van der Waals surface area contributed by atoms with Crippen LogP contribution in [0.3, 0.4) is 0 Å². The lowest BCUT2D eigenvalue weighted by Gasteiger charge is -2.24. The lowest BCUT2D eigenvalue weighted by atomic mass is 10.1. The Hall–Kier alpha value is -4.05. The molecule has 2 N–H and O–H groups in total. The lowest BCUT2D eigenvalue weighted by Crippen LogP contribution is -2.31. The number of phenols is 1. The Bertz CT molecular complexity index is 1350. The Balaban J connectivity index is 1.68. The molecular formula is C28H28FN3O5S. The summed E-state index contributed by atoms with van der Waals surface area (Å²) in [5.41, 5.74) is 1.28. The average molecular weight is 538 g/mol. The molecule has 0 fully saturated rings. The molecule has 2 amide bonds. The molecule has 38 heavy (non-hydrogen) atoms. The first-order valence-corrected chi connectivity index (χ1v) is 12.9. The summed E-state index contributed by atoms with van der Waals surface area (Å²) in [5, 5.41) is 18.7. The molecule has 0 saturated heterocycles. The van der Waals surface area contributed by atoms with Crippen LogP contribution in [0.5, 0.6) is 17.2 Å². The van der Waals surface area contributed by atoms with E-state index in [1.807, 2.05) is 13.8 Å². The molecule has 4 rings (SSSR count). The molecule has 0 saturated carbocycles. The van der Waals surface area contributed by atoms with Crippen LogP contribution in [0.15, 0.2) is 71.8 Å². The fraction of sp³-hybridized carbons (Fsp3) is 0.250. The van der Waals surface area contributed by atoms with Crippen molar-refractivity contribution in [3.8, 4) is 17.2 Å². The van der Waals surface area contributed by atoms with Crippen molar-refractivity contribution in [2.75, 3.05) is 20.3 Å². The van der Waals surface area contributed by atoms with Crippen LogP contribution in [0.25, 0.3) is 0 Å².